The van der Waals surface area contributed by atoms with Gasteiger partial charge in [-0.05, 0) is 19.9 Å². The fourth-order valence-corrected chi connectivity index (χ4v) is 1.41. The van der Waals surface area contributed by atoms with Crippen molar-refractivity contribution in [3.8, 4) is 0 Å². The molecule has 0 amide bonds. The first-order chi connectivity index (χ1) is 4.43. The summed E-state index contributed by atoms with van der Waals surface area (Å²) in [6, 6.07) is 1.56. The fourth-order valence-electron chi connectivity index (χ4n) is 1.41. The molecular weight excluding hydrogens is 110 g/mol. The normalized spacial score (nSPS) is 23.7. The minimum atomic E-state index is 1.32. The third-order valence-electron chi connectivity index (χ3n) is 2.06. The minimum absolute atomic E-state index is 1.32. The van der Waals surface area contributed by atoms with Gasteiger partial charge in [0, 0.05) is 6.04 Å². The lowest BCUT2D eigenvalue weighted by molar-refractivity contribution is 0.640. The molecule has 1 nitrogen and oxygen atoms in total. The monoisotopic (exact) mass is 126 g/mol. The van der Waals surface area contributed by atoms with Gasteiger partial charge in [-0.15, -0.1) is 0 Å². The van der Waals surface area contributed by atoms with E-state index in [0.29, 0.717) is 0 Å². The molecule has 1 saturated carbocycles. The van der Waals surface area contributed by atoms with Gasteiger partial charge in [-0.25, -0.2) is 0 Å². The Bertz CT molecular complexity index is 63.0. The van der Waals surface area contributed by atoms with E-state index in [4.69, 9.17) is 0 Å². The number of rotatable bonds is 1. The van der Waals surface area contributed by atoms with E-state index in [0.717, 1.165) is 0 Å². The summed E-state index contributed by atoms with van der Waals surface area (Å²) in [5.74, 6) is 0. The summed E-state index contributed by atoms with van der Waals surface area (Å²) in [6.45, 7) is 0. The van der Waals surface area contributed by atoms with Crippen LogP contribution in [0.25, 0.3) is 0 Å². The fraction of sp³-hybridized carbons (Fsp3) is 0.875. The van der Waals surface area contributed by atoms with E-state index in [-0.39, 0.29) is 0 Å². The van der Waals surface area contributed by atoms with Crippen molar-refractivity contribution in [2.24, 2.45) is 0 Å². The molecule has 0 heterocycles. The second kappa shape index (κ2) is 3.89. The molecule has 1 N–H and O–H groups in total. The smallest absolute Gasteiger partial charge is 0.0361 e. The summed E-state index contributed by atoms with van der Waals surface area (Å²) in [4.78, 5) is 0. The zero-order valence-corrected chi connectivity index (χ0v) is 6.24. The Morgan fingerprint density at radius 1 is 1.00 bits per heavy atom. The summed E-state index contributed by atoms with van der Waals surface area (Å²) in [5, 5.41) is 3.26. The number of hydrogen-bond acceptors (Lipinski definition) is 1. The molecule has 0 aromatic heterocycles. The van der Waals surface area contributed by atoms with Gasteiger partial charge in [0.15, 0.2) is 0 Å². The van der Waals surface area contributed by atoms with Crippen LogP contribution in [-0.2, 0) is 0 Å². The maximum absolute atomic E-state index is 3.26. The molecule has 0 bridgehead atoms. The van der Waals surface area contributed by atoms with Gasteiger partial charge in [-0.3, -0.25) is 0 Å². The van der Waals surface area contributed by atoms with Crippen molar-refractivity contribution in [2.75, 3.05) is 7.05 Å². The summed E-state index contributed by atoms with van der Waals surface area (Å²) in [6.07, 6.45) is 8.30. The van der Waals surface area contributed by atoms with Gasteiger partial charge in [0.1, 0.15) is 0 Å². The highest BCUT2D eigenvalue weighted by Gasteiger charge is 2.09. The molecule has 1 radical (unpaired) electrons. The second-order valence-electron chi connectivity index (χ2n) is 2.77. The Balaban J connectivity index is 2.18. The Morgan fingerprint density at radius 2 is 1.56 bits per heavy atom. The van der Waals surface area contributed by atoms with Crippen LogP contribution in [0.3, 0.4) is 0 Å². The average molecular weight is 126 g/mol. The van der Waals surface area contributed by atoms with Crippen molar-refractivity contribution in [1.29, 1.82) is 0 Å². The van der Waals surface area contributed by atoms with Gasteiger partial charge in [-0.2, -0.15) is 0 Å². The summed E-state index contributed by atoms with van der Waals surface area (Å²) >= 11 is 0. The molecule has 1 heteroatoms. The van der Waals surface area contributed by atoms with Gasteiger partial charge >= 0.3 is 0 Å². The van der Waals surface area contributed by atoms with Gasteiger partial charge in [0.05, 0.1) is 0 Å². The zero-order chi connectivity index (χ0) is 6.53. The third-order valence-corrected chi connectivity index (χ3v) is 2.06. The number of nitrogens with one attached hydrogen (secondary N) is 1. The lowest BCUT2D eigenvalue weighted by atomic mass is 10.1. The topological polar surface area (TPSA) is 12.0 Å². The molecule has 0 saturated heterocycles. The second-order valence-corrected chi connectivity index (χ2v) is 2.77. The van der Waals surface area contributed by atoms with Crippen molar-refractivity contribution < 1.29 is 0 Å². The zero-order valence-electron chi connectivity index (χ0n) is 6.24. The van der Waals surface area contributed by atoms with Gasteiger partial charge in [-0.1, -0.05) is 25.7 Å². The van der Waals surface area contributed by atoms with E-state index < -0.39 is 0 Å². The molecule has 1 aliphatic rings. The molecule has 0 atom stereocenters. The molecule has 1 rings (SSSR count). The predicted molar refractivity (Wildman–Crippen MR) is 40.0 cm³/mol. The van der Waals surface area contributed by atoms with E-state index in [9.17, 15) is 0 Å². The van der Waals surface area contributed by atoms with E-state index in [1.807, 2.05) is 7.05 Å². The van der Waals surface area contributed by atoms with Crippen LogP contribution < -0.4 is 5.32 Å². The van der Waals surface area contributed by atoms with Crippen LogP contribution in [-0.4, -0.2) is 7.05 Å². The van der Waals surface area contributed by atoms with Crippen molar-refractivity contribution in [1.82, 2.24) is 5.32 Å². The lowest BCUT2D eigenvalue weighted by Crippen LogP contribution is -2.14. The van der Waals surface area contributed by atoms with Gasteiger partial charge in [0.2, 0.25) is 0 Å². The first-order valence-corrected chi connectivity index (χ1v) is 3.96. The summed E-state index contributed by atoms with van der Waals surface area (Å²) < 4.78 is 0. The highest BCUT2D eigenvalue weighted by atomic mass is 14.9. The van der Waals surface area contributed by atoms with Crippen LogP contribution in [0.15, 0.2) is 0 Å². The maximum atomic E-state index is 3.26. The number of hydrogen-bond donors (Lipinski definition) is 1. The Kier molecular flexibility index (Phi) is 3.05. The van der Waals surface area contributed by atoms with Crippen molar-refractivity contribution in [3.05, 3.63) is 6.04 Å². The SMILES string of the molecule is CN[C]1CCCCCC1. The first kappa shape index (κ1) is 7.07. The van der Waals surface area contributed by atoms with E-state index in [1.165, 1.54) is 38.5 Å². The van der Waals surface area contributed by atoms with Crippen molar-refractivity contribution >= 4 is 0 Å². The molecule has 0 aromatic carbocycles. The van der Waals surface area contributed by atoms with Crippen LogP contribution in [0.4, 0.5) is 0 Å². The molecule has 0 unspecified atom stereocenters. The molecule has 1 fully saturated rings. The van der Waals surface area contributed by atoms with Crippen LogP contribution in [0.2, 0.25) is 0 Å². The summed E-state index contributed by atoms with van der Waals surface area (Å²) in [5.41, 5.74) is 0. The molecule has 1 aliphatic carbocycles. The molecule has 0 aromatic rings. The van der Waals surface area contributed by atoms with Gasteiger partial charge < -0.3 is 5.32 Å². The first-order valence-electron chi connectivity index (χ1n) is 3.96. The third kappa shape index (κ3) is 2.35. The van der Waals surface area contributed by atoms with Crippen LogP contribution >= 0.6 is 0 Å². The lowest BCUT2D eigenvalue weighted by Gasteiger charge is -2.09. The van der Waals surface area contributed by atoms with E-state index in [2.05, 4.69) is 5.32 Å². The standard InChI is InChI=1S/C8H16N/c1-9-8-6-4-2-3-5-7-8/h9H,2-7H2,1H3. The van der Waals surface area contributed by atoms with E-state index >= 15 is 0 Å². The van der Waals surface area contributed by atoms with Crippen LogP contribution in [0.5, 0.6) is 0 Å². The average Bonchev–Trinajstić information content (AvgIpc) is 2.13. The molecule has 53 valence electrons. The minimum Gasteiger partial charge on any atom is -0.313 e. The predicted octanol–water partition coefficient (Wildman–Crippen LogP) is 2.09. The largest absolute Gasteiger partial charge is 0.313 e. The van der Waals surface area contributed by atoms with Crippen molar-refractivity contribution in [2.45, 2.75) is 38.5 Å². The molecule has 9 heavy (non-hydrogen) atoms. The van der Waals surface area contributed by atoms with E-state index in [1.54, 1.807) is 6.04 Å². The highest BCUT2D eigenvalue weighted by Crippen LogP contribution is 2.21. The van der Waals surface area contributed by atoms with Gasteiger partial charge in [0.25, 0.3) is 0 Å². The summed E-state index contributed by atoms with van der Waals surface area (Å²) in [7, 11) is 2.04. The maximum Gasteiger partial charge on any atom is 0.0361 e. The highest BCUT2D eigenvalue weighted by molar-refractivity contribution is 4.86. The molecule has 0 aliphatic heterocycles. The molecular formula is C8H16N. The van der Waals surface area contributed by atoms with Crippen LogP contribution in [0, 0.1) is 6.04 Å². The van der Waals surface area contributed by atoms with Crippen LogP contribution in [0.1, 0.15) is 38.5 Å². The van der Waals surface area contributed by atoms with Crippen molar-refractivity contribution in [3.63, 3.8) is 0 Å². The molecule has 0 spiro atoms. The Labute approximate surface area is 57.8 Å². The Morgan fingerprint density at radius 3 is 2.00 bits per heavy atom. The Hall–Kier alpha value is -0.0400. The quantitative estimate of drug-likeness (QED) is 0.530.